The Bertz CT molecular complexity index is 395. The molecule has 1 fully saturated rings. The zero-order valence-electron chi connectivity index (χ0n) is 10.4. The van der Waals surface area contributed by atoms with Crippen molar-refractivity contribution < 1.29 is 4.39 Å². The number of rotatable bonds is 2. The highest BCUT2D eigenvalue weighted by atomic mass is 19.1. The van der Waals surface area contributed by atoms with E-state index < -0.39 is 0 Å². The quantitative estimate of drug-likeness (QED) is 0.812. The molecule has 1 unspecified atom stereocenters. The SMILES string of the molecule is CC1(C)C(C(N)c2ccccc2F)C1(C)C. The van der Waals surface area contributed by atoms with Crippen LogP contribution in [0, 0.1) is 22.6 Å². The van der Waals surface area contributed by atoms with Crippen molar-refractivity contribution in [1.82, 2.24) is 0 Å². The Kier molecular flexibility index (Phi) is 2.39. The van der Waals surface area contributed by atoms with Crippen molar-refractivity contribution in [2.24, 2.45) is 22.5 Å². The van der Waals surface area contributed by atoms with Crippen molar-refractivity contribution in [3.8, 4) is 0 Å². The number of halogens is 1. The van der Waals surface area contributed by atoms with Crippen LogP contribution in [0.25, 0.3) is 0 Å². The second-order valence-electron chi connectivity index (χ2n) is 5.97. The van der Waals surface area contributed by atoms with E-state index in [2.05, 4.69) is 27.7 Å². The van der Waals surface area contributed by atoms with Crippen molar-refractivity contribution in [3.05, 3.63) is 35.6 Å². The predicted molar refractivity (Wildman–Crippen MR) is 64.4 cm³/mol. The molecule has 0 aliphatic heterocycles. The van der Waals surface area contributed by atoms with Crippen LogP contribution < -0.4 is 5.73 Å². The van der Waals surface area contributed by atoms with E-state index in [9.17, 15) is 4.39 Å². The third-order valence-electron chi connectivity index (χ3n) is 4.76. The minimum atomic E-state index is -0.203. The highest BCUT2D eigenvalue weighted by Crippen LogP contribution is 2.71. The molecule has 2 N–H and O–H groups in total. The molecule has 16 heavy (non-hydrogen) atoms. The van der Waals surface area contributed by atoms with E-state index in [4.69, 9.17) is 5.73 Å². The van der Waals surface area contributed by atoms with Crippen LogP contribution in [0.5, 0.6) is 0 Å². The first-order valence-corrected chi connectivity index (χ1v) is 5.80. The Balaban J connectivity index is 2.29. The molecule has 0 amide bonds. The molecule has 0 spiro atoms. The lowest BCUT2D eigenvalue weighted by atomic mass is 9.97. The van der Waals surface area contributed by atoms with Crippen molar-refractivity contribution >= 4 is 0 Å². The summed E-state index contributed by atoms with van der Waals surface area (Å²) in [5.74, 6) is 0.158. The summed E-state index contributed by atoms with van der Waals surface area (Å²) >= 11 is 0. The zero-order valence-corrected chi connectivity index (χ0v) is 10.4. The first-order valence-electron chi connectivity index (χ1n) is 5.80. The Morgan fingerprint density at radius 2 is 1.62 bits per heavy atom. The van der Waals surface area contributed by atoms with Gasteiger partial charge in [-0.25, -0.2) is 4.39 Å². The first-order chi connectivity index (χ1) is 7.30. The van der Waals surface area contributed by atoms with Gasteiger partial charge in [0.25, 0.3) is 0 Å². The maximum Gasteiger partial charge on any atom is 0.127 e. The number of hydrogen-bond donors (Lipinski definition) is 1. The third-order valence-corrected chi connectivity index (χ3v) is 4.76. The minimum Gasteiger partial charge on any atom is -0.324 e. The molecule has 0 aromatic heterocycles. The monoisotopic (exact) mass is 221 g/mol. The van der Waals surface area contributed by atoms with E-state index in [0.29, 0.717) is 11.5 Å². The molecule has 1 atom stereocenters. The summed E-state index contributed by atoms with van der Waals surface area (Å²) in [5.41, 5.74) is 7.24. The Morgan fingerprint density at radius 1 is 1.12 bits per heavy atom. The summed E-state index contributed by atoms with van der Waals surface area (Å²) in [4.78, 5) is 0. The fourth-order valence-electron chi connectivity index (χ4n) is 3.07. The smallest absolute Gasteiger partial charge is 0.127 e. The van der Waals surface area contributed by atoms with Crippen LogP contribution in [0.1, 0.15) is 39.3 Å². The third kappa shape index (κ3) is 1.40. The van der Waals surface area contributed by atoms with Gasteiger partial charge in [-0.1, -0.05) is 45.9 Å². The fraction of sp³-hybridized carbons (Fsp3) is 0.571. The molecule has 0 saturated heterocycles. The van der Waals surface area contributed by atoms with Gasteiger partial charge in [0.15, 0.2) is 0 Å². The van der Waals surface area contributed by atoms with E-state index in [1.165, 1.54) is 6.07 Å². The maximum atomic E-state index is 13.7. The molecule has 2 rings (SSSR count). The molecule has 0 radical (unpaired) electrons. The van der Waals surface area contributed by atoms with Gasteiger partial charge in [0.05, 0.1) is 0 Å². The molecule has 1 aromatic carbocycles. The van der Waals surface area contributed by atoms with E-state index >= 15 is 0 Å². The molecule has 2 heteroatoms. The summed E-state index contributed by atoms with van der Waals surface area (Å²) in [6.07, 6.45) is 0. The van der Waals surface area contributed by atoms with Gasteiger partial charge in [-0.05, 0) is 22.8 Å². The lowest BCUT2D eigenvalue weighted by molar-refractivity contribution is 0.457. The largest absolute Gasteiger partial charge is 0.324 e. The molecule has 1 aliphatic carbocycles. The minimum absolute atomic E-state index is 0.187. The molecule has 1 saturated carbocycles. The predicted octanol–water partition coefficient (Wildman–Crippen LogP) is 3.51. The summed E-state index contributed by atoms with van der Waals surface area (Å²) in [6, 6.07) is 6.63. The van der Waals surface area contributed by atoms with Gasteiger partial charge >= 0.3 is 0 Å². The van der Waals surface area contributed by atoms with Crippen LogP contribution in [-0.2, 0) is 0 Å². The van der Waals surface area contributed by atoms with Crippen molar-refractivity contribution in [2.75, 3.05) is 0 Å². The Morgan fingerprint density at radius 3 is 2.06 bits per heavy atom. The molecular formula is C14H20FN. The van der Waals surface area contributed by atoms with Crippen molar-refractivity contribution in [2.45, 2.75) is 33.7 Å². The van der Waals surface area contributed by atoms with Gasteiger partial charge in [0, 0.05) is 11.6 Å². The van der Waals surface area contributed by atoms with Gasteiger partial charge in [-0.3, -0.25) is 0 Å². The zero-order chi connectivity index (χ0) is 12.1. The van der Waals surface area contributed by atoms with Crippen LogP contribution in [-0.4, -0.2) is 0 Å². The van der Waals surface area contributed by atoms with E-state index in [1.54, 1.807) is 12.1 Å². The van der Waals surface area contributed by atoms with Gasteiger partial charge in [-0.15, -0.1) is 0 Å². The Hall–Kier alpha value is -0.890. The summed E-state index contributed by atoms with van der Waals surface area (Å²) in [5, 5.41) is 0. The summed E-state index contributed by atoms with van der Waals surface area (Å²) in [7, 11) is 0. The highest BCUT2D eigenvalue weighted by Gasteiger charge is 2.66. The second kappa shape index (κ2) is 3.30. The van der Waals surface area contributed by atoms with Crippen LogP contribution in [0.2, 0.25) is 0 Å². The summed E-state index contributed by atoms with van der Waals surface area (Å²) < 4.78 is 13.7. The molecular weight excluding hydrogens is 201 g/mol. The molecule has 1 aliphatic rings. The molecule has 0 bridgehead atoms. The van der Waals surface area contributed by atoms with E-state index in [0.717, 1.165) is 0 Å². The molecule has 0 heterocycles. The Labute approximate surface area is 96.9 Å². The van der Waals surface area contributed by atoms with Crippen LogP contribution in [0.3, 0.4) is 0 Å². The van der Waals surface area contributed by atoms with Crippen molar-refractivity contribution in [1.29, 1.82) is 0 Å². The topological polar surface area (TPSA) is 26.0 Å². The van der Waals surface area contributed by atoms with Crippen LogP contribution in [0.15, 0.2) is 24.3 Å². The van der Waals surface area contributed by atoms with Gasteiger partial charge in [0.2, 0.25) is 0 Å². The fourth-order valence-corrected chi connectivity index (χ4v) is 3.07. The molecule has 1 nitrogen and oxygen atoms in total. The number of benzene rings is 1. The average Bonchev–Trinajstić information content (AvgIpc) is 2.57. The molecule has 1 aromatic rings. The van der Waals surface area contributed by atoms with Gasteiger partial charge < -0.3 is 5.73 Å². The van der Waals surface area contributed by atoms with Crippen LogP contribution in [0.4, 0.5) is 4.39 Å². The maximum absolute atomic E-state index is 13.7. The van der Waals surface area contributed by atoms with Crippen LogP contribution >= 0.6 is 0 Å². The van der Waals surface area contributed by atoms with E-state index in [1.807, 2.05) is 6.07 Å². The summed E-state index contributed by atoms with van der Waals surface area (Å²) in [6.45, 7) is 8.83. The van der Waals surface area contributed by atoms with Gasteiger partial charge in [-0.2, -0.15) is 0 Å². The lowest BCUT2D eigenvalue weighted by Crippen LogP contribution is -2.17. The highest BCUT2D eigenvalue weighted by molar-refractivity contribution is 5.28. The van der Waals surface area contributed by atoms with Crippen molar-refractivity contribution in [3.63, 3.8) is 0 Å². The standard InChI is InChI=1S/C14H20FN/c1-13(2)12(14(13,3)4)11(16)9-7-5-6-8-10(9)15/h5-8,11-12H,16H2,1-4H3. The lowest BCUT2D eigenvalue weighted by Gasteiger charge is -2.15. The second-order valence-corrected chi connectivity index (χ2v) is 5.97. The van der Waals surface area contributed by atoms with Gasteiger partial charge in [0.1, 0.15) is 5.82 Å². The van der Waals surface area contributed by atoms with E-state index in [-0.39, 0.29) is 22.7 Å². The number of nitrogens with two attached hydrogens (primary N) is 1. The first kappa shape index (κ1) is 11.6. The number of hydrogen-bond acceptors (Lipinski definition) is 1. The normalized spacial score (nSPS) is 24.1. The average molecular weight is 221 g/mol. The molecule has 88 valence electrons.